The van der Waals surface area contributed by atoms with Gasteiger partial charge >= 0.3 is 0 Å². The van der Waals surface area contributed by atoms with Crippen molar-refractivity contribution in [1.82, 2.24) is 10.2 Å². The highest BCUT2D eigenvalue weighted by Gasteiger charge is 2.34. The van der Waals surface area contributed by atoms with E-state index >= 15 is 0 Å². The number of nitrogens with one attached hydrogen (secondary N) is 1. The smallest absolute Gasteiger partial charge is 0.293 e. The summed E-state index contributed by atoms with van der Waals surface area (Å²) in [4.78, 5) is 63.1. The van der Waals surface area contributed by atoms with Gasteiger partial charge < -0.3 is 5.32 Å². The summed E-state index contributed by atoms with van der Waals surface area (Å²) in [7, 11) is 0. The quantitative estimate of drug-likeness (QED) is 0.518. The number of carbonyl (C=O) groups is 5. The summed E-state index contributed by atoms with van der Waals surface area (Å²) in [5.74, 6) is -1.85. The Morgan fingerprint density at radius 1 is 0.970 bits per heavy atom. The Bertz CT molecular complexity index is 1160. The van der Waals surface area contributed by atoms with Crippen molar-refractivity contribution in [2.24, 2.45) is 0 Å². The number of amides is 5. The van der Waals surface area contributed by atoms with Gasteiger partial charge in [0.25, 0.3) is 17.1 Å². The average molecular weight is 467 g/mol. The Morgan fingerprint density at radius 2 is 1.61 bits per heavy atom. The maximum absolute atomic E-state index is 13.0. The van der Waals surface area contributed by atoms with E-state index in [1.807, 2.05) is 0 Å². The molecule has 2 aromatic rings. The first kappa shape index (κ1) is 22.4. The van der Waals surface area contributed by atoms with E-state index in [1.165, 1.54) is 54.6 Å². The molecule has 2 aliphatic rings. The van der Waals surface area contributed by atoms with Crippen molar-refractivity contribution >= 4 is 52.4 Å². The third-order valence-electron chi connectivity index (χ3n) is 5.10. The summed E-state index contributed by atoms with van der Waals surface area (Å²) >= 11 is 0.782. The van der Waals surface area contributed by atoms with Crippen molar-refractivity contribution in [3.8, 4) is 0 Å². The highest BCUT2D eigenvalue weighted by Crippen LogP contribution is 2.32. The normalized spacial score (nSPS) is 17.4. The van der Waals surface area contributed by atoms with Gasteiger partial charge in [-0.1, -0.05) is 12.1 Å². The second-order valence-electron chi connectivity index (χ2n) is 7.31. The van der Waals surface area contributed by atoms with E-state index in [0.717, 1.165) is 21.6 Å². The molecule has 168 valence electrons. The lowest BCUT2D eigenvalue weighted by molar-refractivity contribution is -0.123. The number of hydrogen-bond acceptors (Lipinski definition) is 6. The minimum Gasteiger partial charge on any atom is -0.350 e. The second-order valence-corrected chi connectivity index (χ2v) is 8.30. The van der Waals surface area contributed by atoms with Gasteiger partial charge in [-0.15, -0.1) is 0 Å². The first-order chi connectivity index (χ1) is 15.8. The third-order valence-corrected chi connectivity index (χ3v) is 6.01. The van der Waals surface area contributed by atoms with E-state index in [4.69, 9.17) is 0 Å². The summed E-state index contributed by atoms with van der Waals surface area (Å²) in [6.45, 7) is 0.0393. The molecule has 0 unspecified atom stereocenters. The summed E-state index contributed by atoms with van der Waals surface area (Å²) in [6, 6.07) is 11.6. The standard InChI is InChI=1S/C23H18FN3O5S/c24-16-5-1-14(2-6-16)13-18-22(31)26(23(32)33-18)12-11-25-21(30)15-3-7-17(8-4-15)27-19(28)9-10-20(27)29/h1-8,13H,9-12H2,(H,25,30)/b18-13+. The minimum atomic E-state index is -0.479. The van der Waals surface area contributed by atoms with Crippen LogP contribution in [0.15, 0.2) is 53.4 Å². The van der Waals surface area contributed by atoms with Gasteiger partial charge in [0.15, 0.2) is 0 Å². The van der Waals surface area contributed by atoms with Crippen LogP contribution in [0.25, 0.3) is 6.08 Å². The largest absolute Gasteiger partial charge is 0.350 e. The molecule has 2 aliphatic heterocycles. The Morgan fingerprint density at radius 3 is 2.24 bits per heavy atom. The lowest BCUT2D eigenvalue weighted by Crippen LogP contribution is -2.37. The van der Waals surface area contributed by atoms with Crippen LogP contribution in [0.5, 0.6) is 0 Å². The molecular weight excluding hydrogens is 449 g/mol. The number of halogens is 1. The first-order valence-electron chi connectivity index (χ1n) is 10.1. The van der Waals surface area contributed by atoms with E-state index in [-0.39, 0.29) is 42.7 Å². The maximum Gasteiger partial charge on any atom is 0.293 e. The molecule has 2 aromatic carbocycles. The topological polar surface area (TPSA) is 104 Å². The van der Waals surface area contributed by atoms with Crippen molar-refractivity contribution in [3.63, 3.8) is 0 Å². The Kier molecular flexibility index (Phi) is 6.36. The minimum absolute atomic E-state index is 0.00791. The predicted octanol–water partition coefficient (Wildman–Crippen LogP) is 2.95. The number of nitrogens with zero attached hydrogens (tertiary/aromatic N) is 2. The molecule has 2 fully saturated rings. The van der Waals surface area contributed by atoms with Crippen LogP contribution >= 0.6 is 11.8 Å². The maximum atomic E-state index is 13.0. The van der Waals surface area contributed by atoms with E-state index in [0.29, 0.717) is 16.8 Å². The zero-order valence-corrected chi connectivity index (χ0v) is 18.1. The molecule has 33 heavy (non-hydrogen) atoms. The van der Waals surface area contributed by atoms with Gasteiger partial charge in [0.2, 0.25) is 11.8 Å². The summed E-state index contributed by atoms with van der Waals surface area (Å²) in [5.41, 5.74) is 1.31. The highest BCUT2D eigenvalue weighted by atomic mass is 32.2. The molecule has 2 saturated heterocycles. The molecule has 5 amide bonds. The number of thioether (sulfide) groups is 1. The van der Waals surface area contributed by atoms with Gasteiger partial charge in [0, 0.05) is 31.5 Å². The molecule has 8 nitrogen and oxygen atoms in total. The molecular formula is C23H18FN3O5S. The van der Waals surface area contributed by atoms with E-state index in [1.54, 1.807) is 0 Å². The zero-order valence-electron chi connectivity index (χ0n) is 17.2. The summed E-state index contributed by atoms with van der Waals surface area (Å²) in [5, 5.41) is 2.19. The molecule has 0 aliphatic carbocycles. The number of anilines is 1. The fourth-order valence-corrected chi connectivity index (χ4v) is 4.28. The molecule has 4 rings (SSSR count). The van der Waals surface area contributed by atoms with Gasteiger partial charge in [0.05, 0.1) is 10.6 Å². The molecule has 2 heterocycles. The lowest BCUT2D eigenvalue weighted by Gasteiger charge is -2.15. The molecule has 0 atom stereocenters. The number of imide groups is 2. The molecule has 10 heteroatoms. The van der Waals surface area contributed by atoms with Gasteiger partial charge in [-0.25, -0.2) is 4.39 Å². The number of rotatable bonds is 6. The zero-order chi connectivity index (χ0) is 23.5. The Balaban J connectivity index is 1.32. The van der Waals surface area contributed by atoms with E-state index in [9.17, 15) is 28.4 Å². The molecule has 1 N–H and O–H groups in total. The Hall–Kier alpha value is -3.79. The number of carbonyl (C=O) groups excluding carboxylic acids is 5. The second kappa shape index (κ2) is 9.37. The monoisotopic (exact) mass is 467 g/mol. The van der Waals surface area contributed by atoms with E-state index in [2.05, 4.69) is 5.32 Å². The third kappa shape index (κ3) is 4.85. The molecule has 0 aromatic heterocycles. The van der Waals surface area contributed by atoms with Gasteiger partial charge in [-0.2, -0.15) is 0 Å². The van der Waals surface area contributed by atoms with Crippen molar-refractivity contribution < 1.29 is 28.4 Å². The van der Waals surface area contributed by atoms with Crippen molar-refractivity contribution in [1.29, 1.82) is 0 Å². The predicted molar refractivity (Wildman–Crippen MR) is 120 cm³/mol. The van der Waals surface area contributed by atoms with Crippen molar-refractivity contribution in [2.45, 2.75) is 12.8 Å². The van der Waals surface area contributed by atoms with Gasteiger partial charge in [-0.3, -0.25) is 33.8 Å². The molecule has 0 spiro atoms. The fourth-order valence-electron chi connectivity index (χ4n) is 3.41. The summed E-state index contributed by atoms with van der Waals surface area (Å²) in [6.07, 6.45) is 1.86. The van der Waals surface area contributed by atoms with Gasteiger partial charge in [-0.05, 0) is 59.8 Å². The van der Waals surface area contributed by atoms with Gasteiger partial charge in [0.1, 0.15) is 5.82 Å². The molecule has 0 saturated carbocycles. The average Bonchev–Trinajstić information content (AvgIpc) is 3.27. The number of benzene rings is 2. The van der Waals surface area contributed by atoms with Crippen LogP contribution in [-0.2, 0) is 14.4 Å². The van der Waals surface area contributed by atoms with Crippen LogP contribution in [0.1, 0.15) is 28.8 Å². The Labute approximate surface area is 192 Å². The highest BCUT2D eigenvalue weighted by molar-refractivity contribution is 8.18. The van der Waals surface area contributed by atoms with Crippen LogP contribution in [0.3, 0.4) is 0 Å². The van der Waals surface area contributed by atoms with E-state index < -0.39 is 22.9 Å². The van der Waals surface area contributed by atoms with Crippen molar-refractivity contribution in [2.75, 3.05) is 18.0 Å². The SMILES string of the molecule is O=C(NCCN1C(=O)S/C(=C/c2ccc(F)cc2)C1=O)c1ccc(N2C(=O)CCC2=O)cc1. The fraction of sp³-hybridized carbons (Fsp3) is 0.174. The van der Waals surface area contributed by atoms with Crippen molar-refractivity contribution in [3.05, 3.63) is 70.4 Å². The van der Waals surface area contributed by atoms with Crippen LogP contribution < -0.4 is 10.2 Å². The van der Waals surface area contributed by atoms with Crippen LogP contribution in [0.4, 0.5) is 14.9 Å². The first-order valence-corrected chi connectivity index (χ1v) is 10.9. The number of hydrogen-bond donors (Lipinski definition) is 1. The summed E-state index contributed by atoms with van der Waals surface area (Å²) < 4.78 is 13.0. The van der Waals surface area contributed by atoms with Crippen LogP contribution in [0.2, 0.25) is 0 Å². The van der Waals surface area contributed by atoms with Crippen LogP contribution in [-0.4, -0.2) is 46.9 Å². The van der Waals surface area contributed by atoms with Crippen LogP contribution in [0, 0.1) is 5.82 Å². The molecule has 0 radical (unpaired) electrons. The molecule has 0 bridgehead atoms. The lowest BCUT2D eigenvalue weighted by atomic mass is 10.2.